The molecule has 2 aromatic heterocycles. The minimum atomic E-state index is -0.489. The van der Waals surface area contributed by atoms with E-state index in [0.29, 0.717) is 57.8 Å². The number of likely N-dealkylation sites (tertiary alicyclic amines) is 1. The van der Waals surface area contributed by atoms with Crippen LogP contribution in [0.3, 0.4) is 0 Å². The SMILES string of the molecule is COc1cc(OC)c(Cl)c(-c2ccc3cc(Nc4ccc(C5CCN(C(=O)OC(C)(C)C)CC5)cn4)ncc3c2)c1Cl. The standard InChI is InChI=1S/C32H34Cl2N4O4/c1-32(2,3)42-31(39)38-12-10-19(11-13-38)22-8-9-26(35-17-22)37-27-15-20-6-7-21(14-23(20)18-36-27)28-29(33)24(40-4)16-25(41-5)30(28)34/h6-9,14-19H,10-13H2,1-5H3,(H,35,36,37). The molecule has 1 amide bonds. The number of hydrogen-bond donors (Lipinski definition) is 1. The molecule has 0 saturated carbocycles. The third kappa shape index (κ3) is 6.50. The zero-order valence-corrected chi connectivity index (χ0v) is 25.8. The summed E-state index contributed by atoms with van der Waals surface area (Å²) < 4.78 is 16.3. The first kappa shape index (κ1) is 29.7. The molecular formula is C32H34Cl2N4O4. The number of rotatable bonds is 6. The van der Waals surface area contributed by atoms with Crippen molar-refractivity contribution < 1.29 is 19.0 Å². The second kappa shape index (κ2) is 12.2. The molecule has 1 aliphatic rings. The van der Waals surface area contributed by atoms with Gasteiger partial charge in [-0.1, -0.05) is 41.4 Å². The van der Waals surface area contributed by atoms with Gasteiger partial charge in [-0.3, -0.25) is 0 Å². The van der Waals surface area contributed by atoms with Gasteiger partial charge in [0.25, 0.3) is 0 Å². The topological polar surface area (TPSA) is 85.8 Å². The van der Waals surface area contributed by atoms with Crippen LogP contribution in [-0.2, 0) is 4.74 Å². The van der Waals surface area contributed by atoms with Gasteiger partial charge in [0, 0.05) is 42.5 Å². The summed E-state index contributed by atoms with van der Waals surface area (Å²) in [6.45, 7) is 7.00. The summed E-state index contributed by atoms with van der Waals surface area (Å²) >= 11 is 13.3. The number of fused-ring (bicyclic) bond motifs is 1. The summed E-state index contributed by atoms with van der Waals surface area (Å²) in [6, 6.07) is 13.6. The van der Waals surface area contributed by atoms with Crippen LogP contribution < -0.4 is 14.8 Å². The Kier molecular flexibility index (Phi) is 8.66. The minimum absolute atomic E-state index is 0.245. The monoisotopic (exact) mass is 608 g/mol. The Morgan fingerprint density at radius 1 is 0.881 bits per heavy atom. The van der Waals surface area contributed by atoms with Gasteiger partial charge in [-0.25, -0.2) is 14.8 Å². The first-order chi connectivity index (χ1) is 20.1. The summed E-state index contributed by atoms with van der Waals surface area (Å²) in [5, 5.41) is 6.04. The summed E-state index contributed by atoms with van der Waals surface area (Å²) in [7, 11) is 3.11. The number of anilines is 2. The summed E-state index contributed by atoms with van der Waals surface area (Å²) in [5.74, 6) is 2.70. The van der Waals surface area contributed by atoms with Crippen molar-refractivity contribution in [3.05, 3.63) is 70.5 Å². The van der Waals surface area contributed by atoms with Crippen LogP contribution in [0.5, 0.6) is 11.5 Å². The average Bonchev–Trinajstić information content (AvgIpc) is 2.97. The lowest BCUT2D eigenvalue weighted by Crippen LogP contribution is -2.41. The first-order valence-corrected chi connectivity index (χ1v) is 14.5. The fourth-order valence-corrected chi connectivity index (χ4v) is 5.80. The average molecular weight is 610 g/mol. The van der Waals surface area contributed by atoms with Gasteiger partial charge in [-0.2, -0.15) is 0 Å². The zero-order chi connectivity index (χ0) is 30.0. The Bertz CT molecular complexity index is 1570. The molecule has 5 rings (SSSR count). The van der Waals surface area contributed by atoms with E-state index in [2.05, 4.69) is 21.4 Å². The van der Waals surface area contributed by atoms with Gasteiger partial charge >= 0.3 is 6.09 Å². The maximum absolute atomic E-state index is 12.4. The Morgan fingerprint density at radius 3 is 2.14 bits per heavy atom. The molecule has 1 saturated heterocycles. The fourth-order valence-electron chi connectivity index (χ4n) is 5.08. The Labute approximate surface area is 255 Å². The molecule has 0 spiro atoms. The van der Waals surface area contributed by atoms with E-state index in [1.807, 2.05) is 57.3 Å². The van der Waals surface area contributed by atoms with Crippen LogP contribution >= 0.6 is 23.2 Å². The van der Waals surface area contributed by atoms with Gasteiger partial charge < -0.3 is 24.4 Å². The predicted molar refractivity (Wildman–Crippen MR) is 168 cm³/mol. The van der Waals surface area contributed by atoms with E-state index in [4.69, 9.17) is 37.4 Å². The first-order valence-electron chi connectivity index (χ1n) is 13.8. The molecule has 0 aliphatic carbocycles. The van der Waals surface area contributed by atoms with Crippen LogP contribution in [0.25, 0.3) is 21.9 Å². The quantitative estimate of drug-likeness (QED) is 0.235. The number of benzene rings is 2. The number of pyridine rings is 2. The third-order valence-corrected chi connectivity index (χ3v) is 8.00. The van der Waals surface area contributed by atoms with E-state index in [0.717, 1.165) is 34.7 Å². The number of ether oxygens (including phenoxy) is 3. The molecule has 1 fully saturated rings. The van der Waals surface area contributed by atoms with Gasteiger partial charge in [-0.15, -0.1) is 0 Å². The Hall–Kier alpha value is -3.75. The fraction of sp³-hybridized carbons (Fsp3) is 0.344. The maximum Gasteiger partial charge on any atom is 0.410 e. The number of nitrogens with zero attached hydrogens (tertiary/aromatic N) is 3. The van der Waals surface area contributed by atoms with Crippen molar-refractivity contribution in [3.8, 4) is 22.6 Å². The van der Waals surface area contributed by atoms with Crippen molar-refractivity contribution in [1.82, 2.24) is 14.9 Å². The van der Waals surface area contributed by atoms with Gasteiger partial charge in [0.1, 0.15) is 28.7 Å². The van der Waals surface area contributed by atoms with Gasteiger partial charge in [0.05, 0.1) is 24.3 Å². The van der Waals surface area contributed by atoms with Crippen molar-refractivity contribution in [2.75, 3.05) is 32.6 Å². The van der Waals surface area contributed by atoms with Crippen LogP contribution in [0, 0.1) is 0 Å². The van der Waals surface area contributed by atoms with Crippen molar-refractivity contribution in [3.63, 3.8) is 0 Å². The largest absolute Gasteiger partial charge is 0.495 e. The van der Waals surface area contributed by atoms with E-state index in [1.165, 1.54) is 0 Å². The lowest BCUT2D eigenvalue weighted by Gasteiger charge is -2.33. The molecule has 1 N–H and O–H groups in total. The van der Waals surface area contributed by atoms with Crippen molar-refractivity contribution in [2.45, 2.75) is 45.1 Å². The lowest BCUT2D eigenvalue weighted by molar-refractivity contribution is 0.0205. The molecule has 8 nitrogen and oxygen atoms in total. The Morgan fingerprint density at radius 2 is 1.55 bits per heavy atom. The van der Waals surface area contributed by atoms with Crippen molar-refractivity contribution >= 4 is 51.7 Å². The molecule has 0 bridgehead atoms. The normalized spacial score (nSPS) is 14.1. The number of amides is 1. The summed E-state index contributed by atoms with van der Waals surface area (Å²) in [5.41, 5.74) is 2.14. The molecule has 220 valence electrons. The van der Waals surface area contributed by atoms with Crippen LogP contribution in [0.15, 0.2) is 54.9 Å². The van der Waals surface area contributed by atoms with Crippen molar-refractivity contribution in [2.24, 2.45) is 0 Å². The molecule has 1 aliphatic heterocycles. The smallest absolute Gasteiger partial charge is 0.410 e. The highest BCUT2D eigenvalue weighted by Gasteiger charge is 2.27. The number of aromatic nitrogens is 2. The number of hydrogen-bond acceptors (Lipinski definition) is 7. The number of nitrogens with one attached hydrogen (secondary N) is 1. The number of methoxy groups -OCH3 is 2. The molecule has 10 heteroatoms. The molecular weight excluding hydrogens is 575 g/mol. The Balaban J connectivity index is 1.27. The molecule has 3 heterocycles. The van der Waals surface area contributed by atoms with Gasteiger partial charge in [-0.05, 0) is 74.2 Å². The van der Waals surface area contributed by atoms with Crippen LogP contribution in [0.1, 0.15) is 45.1 Å². The van der Waals surface area contributed by atoms with Crippen LogP contribution in [-0.4, -0.2) is 53.9 Å². The number of halogens is 2. The minimum Gasteiger partial charge on any atom is -0.495 e. The maximum atomic E-state index is 12.4. The third-order valence-electron chi connectivity index (χ3n) is 7.24. The van der Waals surface area contributed by atoms with E-state index in [1.54, 1.807) is 31.4 Å². The second-order valence-electron chi connectivity index (χ2n) is 11.3. The van der Waals surface area contributed by atoms with E-state index < -0.39 is 5.60 Å². The zero-order valence-electron chi connectivity index (χ0n) is 24.3. The molecule has 0 radical (unpaired) electrons. The van der Waals surface area contributed by atoms with E-state index >= 15 is 0 Å². The summed E-state index contributed by atoms with van der Waals surface area (Å²) in [6.07, 6.45) is 5.21. The molecule has 42 heavy (non-hydrogen) atoms. The second-order valence-corrected chi connectivity index (χ2v) is 12.0. The molecule has 0 unspecified atom stereocenters. The molecule has 2 aromatic carbocycles. The van der Waals surface area contributed by atoms with Crippen LogP contribution in [0.4, 0.5) is 16.4 Å². The highest BCUT2D eigenvalue weighted by molar-refractivity contribution is 6.41. The summed E-state index contributed by atoms with van der Waals surface area (Å²) in [4.78, 5) is 23.4. The van der Waals surface area contributed by atoms with Crippen LogP contribution in [0.2, 0.25) is 10.0 Å². The van der Waals surface area contributed by atoms with Gasteiger partial charge in [0.15, 0.2) is 0 Å². The lowest BCUT2D eigenvalue weighted by atomic mass is 9.90. The predicted octanol–water partition coefficient (Wildman–Crippen LogP) is 8.48. The number of carbonyl (C=O) groups excluding carboxylic acids is 1. The van der Waals surface area contributed by atoms with Gasteiger partial charge in [0.2, 0.25) is 0 Å². The highest BCUT2D eigenvalue weighted by Crippen LogP contribution is 2.46. The number of piperidine rings is 1. The number of carbonyl (C=O) groups is 1. The highest BCUT2D eigenvalue weighted by atomic mass is 35.5. The van der Waals surface area contributed by atoms with E-state index in [-0.39, 0.29) is 6.09 Å². The molecule has 4 aromatic rings. The van der Waals surface area contributed by atoms with E-state index in [9.17, 15) is 4.79 Å². The molecule has 0 atom stereocenters. The van der Waals surface area contributed by atoms with Crippen molar-refractivity contribution in [1.29, 1.82) is 0 Å².